The third kappa shape index (κ3) is 2.72. The predicted octanol–water partition coefficient (Wildman–Crippen LogP) is 4.77. The van der Waals surface area contributed by atoms with Crippen molar-refractivity contribution in [3.63, 3.8) is 0 Å². The van der Waals surface area contributed by atoms with E-state index in [-0.39, 0.29) is 5.91 Å². The molecule has 3 nitrogen and oxygen atoms in total. The highest BCUT2D eigenvalue weighted by Gasteiger charge is 2.20. The van der Waals surface area contributed by atoms with E-state index in [0.717, 1.165) is 47.6 Å². The van der Waals surface area contributed by atoms with E-state index in [9.17, 15) is 4.79 Å². The second-order valence-corrected chi connectivity index (χ2v) is 6.79. The van der Waals surface area contributed by atoms with Crippen molar-refractivity contribution in [1.29, 1.82) is 0 Å². The van der Waals surface area contributed by atoms with Crippen LogP contribution < -0.4 is 5.35 Å². The molecule has 0 aliphatic rings. The van der Waals surface area contributed by atoms with Gasteiger partial charge in [0.05, 0.1) is 0 Å². The highest BCUT2D eigenvalue weighted by atomic mass is 16.2. The van der Waals surface area contributed by atoms with E-state index in [2.05, 4.69) is 43.2 Å². The summed E-state index contributed by atoms with van der Waals surface area (Å²) in [5.41, 5.74) is 1.98. The van der Waals surface area contributed by atoms with Crippen molar-refractivity contribution in [3.05, 3.63) is 41.2 Å². The maximum atomic E-state index is 13.0. The number of aromatic nitrogens is 1. The van der Waals surface area contributed by atoms with Crippen LogP contribution in [0.5, 0.6) is 0 Å². The third-order valence-electron chi connectivity index (χ3n) is 5.31. The van der Waals surface area contributed by atoms with Gasteiger partial charge in [-0.1, -0.05) is 38.1 Å². The Morgan fingerprint density at radius 2 is 1.80 bits per heavy atom. The Morgan fingerprint density at radius 1 is 1.12 bits per heavy atom. The van der Waals surface area contributed by atoms with E-state index in [1.807, 2.05) is 30.9 Å². The molecule has 3 heteroatoms. The standard InChI is InChI=1S/C22H28N2O/c1-6-10-15(4)24-16(5)17-11-9-12-18-19(13-14-20(24)21(17)18)22(25)23(7-2)8-3/h9,11-15H,5-8,10H2,1-4H3. The van der Waals surface area contributed by atoms with Gasteiger partial charge in [0.1, 0.15) is 0 Å². The molecule has 0 bridgehead atoms. The Balaban J connectivity index is 2.29. The normalized spacial score (nSPS) is 12.8. The van der Waals surface area contributed by atoms with E-state index < -0.39 is 0 Å². The number of carbonyl (C=O) groups is 1. The third-order valence-corrected chi connectivity index (χ3v) is 5.31. The number of nitrogens with zero attached hydrogens (tertiary/aromatic N) is 2. The number of hydrogen-bond acceptors (Lipinski definition) is 1. The van der Waals surface area contributed by atoms with Gasteiger partial charge in [-0.2, -0.15) is 0 Å². The highest BCUT2D eigenvalue weighted by Crippen LogP contribution is 2.31. The Bertz CT molecular complexity index is 950. The van der Waals surface area contributed by atoms with Gasteiger partial charge in [0.15, 0.2) is 0 Å². The Labute approximate surface area is 149 Å². The second kappa shape index (κ2) is 6.91. The molecule has 0 radical (unpaired) electrons. The van der Waals surface area contributed by atoms with Crippen molar-refractivity contribution in [2.75, 3.05) is 13.1 Å². The zero-order chi connectivity index (χ0) is 18.1. The summed E-state index contributed by atoms with van der Waals surface area (Å²) in [5.74, 6) is 0.111. The average Bonchev–Trinajstić information content (AvgIpc) is 2.90. The number of carbonyl (C=O) groups excluding carboxylic acids is 1. The van der Waals surface area contributed by atoms with Crippen LogP contribution in [0.3, 0.4) is 0 Å². The van der Waals surface area contributed by atoms with Crippen molar-refractivity contribution in [3.8, 4) is 0 Å². The van der Waals surface area contributed by atoms with Crippen molar-refractivity contribution in [1.82, 2.24) is 9.47 Å². The Kier molecular flexibility index (Phi) is 4.85. The minimum absolute atomic E-state index is 0.111. The summed E-state index contributed by atoms with van der Waals surface area (Å²) < 4.78 is 2.34. The van der Waals surface area contributed by atoms with Gasteiger partial charge in [0.25, 0.3) is 5.91 Å². The van der Waals surface area contributed by atoms with Crippen molar-refractivity contribution < 1.29 is 4.79 Å². The minimum atomic E-state index is 0.111. The van der Waals surface area contributed by atoms with Crippen molar-refractivity contribution in [2.24, 2.45) is 0 Å². The molecule has 2 aromatic carbocycles. The lowest BCUT2D eigenvalue weighted by molar-refractivity contribution is 0.0775. The van der Waals surface area contributed by atoms with Crippen LogP contribution in [0.1, 0.15) is 56.9 Å². The molecule has 1 amide bonds. The summed E-state index contributed by atoms with van der Waals surface area (Å²) in [5, 5.41) is 4.42. The lowest BCUT2D eigenvalue weighted by Crippen LogP contribution is -2.30. The summed E-state index contributed by atoms with van der Waals surface area (Å²) in [6.45, 7) is 14.3. The van der Waals surface area contributed by atoms with Crippen LogP contribution in [0, 0.1) is 0 Å². The monoisotopic (exact) mass is 336 g/mol. The molecule has 132 valence electrons. The summed E-state index contributed by atoms with van der Waals surface area (Å²) in [4.78, 5) is 14.8. The summed E-state index contributed by atoms with van der Waals surface area (Å²) >= 11 is 0. The largest absolute Gasteiger partial charge is 0.339 e. The van der Waals surface area contributed by atoms with Gasteiger partial charge >= 0.3 is 0 Å². The number of rotatable bonds is 6. The van der Waals surface area contributed by atoms with Crippen LogP contribution in [0.4, 0.5) is 0 Å². The average molecular weight is 336 g/mol. The molecule has 1 atom stereocenters. The van der Waals surface area contributed by atoms with Crippen molar-refractivity contribution in [2.45, 2.75) is 46.6 Å². The zero-order valence-electron chi connectivity index (χ0n) is 15.8. The SMILES string of the molecule is C=c1c2cccc3c(C(=O)N(CC)CC)ccc(c32)n1C(C)CCC. The van der Waals surface area contributed by atoms with Gasteiger partial charge in [0, 0.05) is 46.3 Å². The molecule has 0 saturated heterocycles. The summed E-state index contributed by atoms with van der Waals surface area (Å²) in [6.07, 6.45) is 2.26. The Hall–Kier alpha value is -2.29. The molecule has 25 heavy (non-hydrogen) atoms. The maximum Gasteiger partial charge on any atom is 0.254 e. The molecule has 3 aromatic rings. The first-order valence-electron chi connectivity index (χ1n) is 9.38. The zero-order valence-corrected chi connectivity index (χ0v) is 15.8. The fourth-order valence-electron chi connectivity index (χ4n) is 4.02. The van der Waals surface area contributed by atoms with Gasteiger partial charge in [0.2, 0.25) is 0 Å². The minimum Gasteiger partial charge on any atom is -0.339 e. The number of hydrogen-bond donors (Lipinski definition) is 0. The summed E-state index contributed by atoms with van der Waals surface area (Å²) in [6, 6.07) is 10.7. The molecule has 0 aliphatic heterocycles. The fourth-order valence-corrected chi connectivity index (χ4v) is 4.02. The molecule has 3 rings (SSSR count). The number of benzene rings is 2. The molecule has 0 spiro atoms. The second-order valence-electron chi connectivity index (χ2n) is 6.79. The molecular formula is C22H28N2O. The smallest absolute Gasteiger partial charge is 0.254 e. The van der Waals surface area contributed by atoms with Gasteiger partial charge < -0.3 is 9.47 Å². The quantitative estimate of drug-likeness (QED) is 0.637. The lowest BCUT2D eigenvalue weighted by atomic mass is 10.0. The van der Waals surface area contributed by atoms with E-state index in [1.165, 1.54) is 10.9 Å². The van der Waals surface area contributed by atoms with E-state index in [4.69, 9.17) is 0 Å². The molecular weight excluding hydrogens is 308 g/mol. The van der Waals surface area contributed by atoms with Gasteiger partial charge in [-0.15, -0.1) is 0 Å². The van der Waals surface area contributed by atoms with Gasteiger partial charge in [-0.3, -0.25) is 4.79 Å². The highest BCUT2D eigenvalue weighted by molar-refractivity contribution is 6.17. The van der Waals surface area contributed by atoms with Crippen LogP contribution in [0.15, 0.2) is 30.3 Å². The predicted molar refractivity (Wildman–Crippen MR) is 107 cm³/mol. The van der Waals surface area contributed by atoms with E-state index >= 15 is 0 Å². The fraction of sp³-hybridized carbons (Fsp3) is 0.409. The first-order valence-corrected chi connectivity index (χ1v) is 9.38. The molecule has 0 N–H and O–H groups in total. The van der Waals surface area contributed by atoms with E-state index in [0.29, 0.717) is 6.04 Å². The first kappa shape index (κ1) is 17.5. The maximum absolute atomic E-state index is 13.0. The number of amides is 1. The molecule has 0 fully saturated rings. The van der Waals surface area contributed by atoms with Gasteiger partial charge in [-0.25, -0.2) is 0 Å². The molecule has 1 aromatic heterocycles. The molecule has 1 unspecified atom stereocenters. The van der Waals surface area contributed by atoms with Crippen molar-refractivity contribution >= 4 is 34.2 Å². The summed E-state index contributed by atoms with van der Waals surface area (Å²) in [7, 11) is 0. The molecule has 0 saturated carbocycles. The van der Waals surface area contributed by atoms with E-state index in [1.54, 1.807) is 0 Å². The lowest BCUT2D eigenvalue weighted by Gasteiger charge is -2.20. The van der Waals surface area contributed by atoms with Crippen LogP contribution in [-0.4, -0.2) is 28.5 Å². The van der Waals surface area contributed by atoms with Crippen LogP contribution in [0.25, 0.3) is 28.3 Å². The molecule has 1 heterocycles. The first-order chi connectivity index (χ1) is 12.0. The molecule has 0 aliphatic carbocycles. The van der Waals surface area contributed by atoms with Crippen LogP contribution in [-0.2, 0) is 0 Å². The Morgan fingerprint density at radius 3 is 2.44 bits per heavy atom. The topological polar surface area (TPSA) is 25.2 Å². The van der Waals surface area contributed by atoms with Gasteiger partial charge in [-0.05, 0) is 44.7 Å². The van der Waals surface area contributed by atoms with Crippen LogP contribution in [0.2, 0.25) is 0 Å². The van der Waals surface area contributed by atoms with Crippen LogP contribution >= 0.6 is 0 Å².